The number of aromatic nitrogens is 2. The summed E-state index contributed by atoms with van der Waals surface area (Å²) in [6.07, 6.45) is 2.85. The average Bonchev–Trinajstić information content (AvgIpc) is 2.72. The molecule has 12 heteroatoms. The number of halogens is 1. The third-order valence-electron chi connectivity index (χ3n) is 5.16. The molecule has 1 aromatic heterocycles. The Bertz CT molecular complexity index is 1050. The fourth-order valence-electron chi connectivity index (χ4n) is 3.39. The molecule has 1 aliphatic heterocycles. The van der Waals surface area contributed by atoms with Gasteiger partial charge in [0.15, 0.2) is 0 Å². The van der Waals surface area contributed by atoms with E-state index in [9.17, 15) is 14.0 Å². The molecule has 2 aromatic rings. The number of hydroxylamine groups is 1. The highest BCUT2D eigenvalue weighted by Crippen LogP contribution is 2.28. The Kier molecular flexibility index (Phi) is 6.63. The predicted molar refractivity (Wildman–Crippen MR) is 113 cm³/mol. The van der Waals surface area contributed by atoms with E-state index in [1.165, 1.54) is 25.4 Å². The summed E-state index contributed by atoms with van der Waals surface area (Å²) >= 11 is 0. The SMILES string of the molecule is CC(=O)OC1CC(ON=C2CN(c3ncc(-c4cccc(CONC(=O)O)c4F)cn3)C2)C1. The van der Waals surface area contributed by atoms with Gasteiger partial charge in [0, 0.05) is 48.8 Å². The standard InChI is InChI=1S/C21H22FN5O6/c1-12(28)32-16-5-17(6-16)33-25-15-9-27(10-15)20-23-7-14(8-24-20)18-4-2-3-13(19(18)22)11-31-26-21(29)30/h2-4,7-8,16-17,26H,5-6,9-11H2,1H3,(H,29,30). The summed E-state index contributed by atoms with van der Waals surface area (Å²) in [5, 5.41) is 12.7. The number of benzene rings is 1. The van der Waals surface area contributed by atoms with Crippen molar-refractivity contribution in [3.05, 3.63) is 42.0 Å². The Morgan fingerprint density at radius 3 is 2.64 bits per heavy atom. The highest BCUT2D eigenvalue weighted by Gasteiger charge is 2.34. The number of esters is 1. The molecule has 11 nitrogen and oxygen atoms in total. The van der Waals surface area contributed by atoms with Crippen LogP contribution >= 0.6 is 0 Å². The maximum Gasteiger partial charge on any atom is 0.428 e. The number of hydrogen-bond acceptors (Lipinski definition) is 9. The van der Waals surface area contributed by atoms with Gasteiger partial charge in [0.05, 0.1) is 18.8 Å². The second kappa shape index (κ2) is 9.77. The summed E-state index contributed by atoms with van der Waals surface area (Å²) in [7, 11) is 0. The molecule has 1 aromatic carbocycles. The van der Waals surface area contributed by atoms with Crippen LogP contribution in [0, 0.1) is 5.82 Å². The molecule has 1 aliphatic carbocycles. The molecule has 0 atom stereocenters. The zero-order valence-electron chi connectivity index (χ0n) is 17.7. The van der Waals surface area contributed by atoms with E-state index in [1.807, 2.05) is 4.90 Å². The number of rotatable bonds is 8. The van der Waals surface area contributed by atoms with Gasteiger partial charge in [0.2, 0.25) is 5.95 Å². The lowest BCUT2D eigenvalue weighted by molar-refractivity contribution is -0.159. The summed E-state index contributed by atoms with van der Waals surface area (Å²) in [5.74, 6) is -0.340. The third-order valence-corrected chi connectivity index (χ3v) is 5.16. The number of anilines is 1. The normalized spacial score (nSPS) is 19.2. The first kappa shape index (κ1) is 22.4. The number of nitrogens with one attached hydrogen (secondary N) is 1. The molecule has 4 rings (SSSR count). The van der Waals surface area contributed by atoms with E-state index in [0.29, 0.717) is 37.4 Å². The van der Waals surface area contributed by atoms with Crippen molar-refractivity contribution in [1.29, 1.82) is 0 Å². The largest absolute Gasteiger partial charge is 0.464 e. The zero-order chi connectivity index (χ0) is 23.4. The number of amides is 1. The number of carbonyl (C=O) groups is 2. The van der Waals surface area contributed by atoms with Crippen molar-refractivity contribution in [2.24, 2.45) is 5.16 Å². The quantitative estimate of drug-likeness (QED) is 0.450. The Hall–Kier alpha value is -3.80. The molecule has 2 fully saturated rings. The lowest BCUT2D eigenvalue weighted by atomic mass is 9.92. The first-order valence-electron chi connectivity index (χ1n) is 10.2. The highest BCUT2D eigenvalue weighted by atomic mass is 19.1. The van der Waals surface area contributed by atoms with Gasteiger partial charge in [0.25, 0.3) is 0 Å². The van der Waals surface area contributed by atoms with Crippen molar-refractivity contribution in [1.82, 2.24) is 15.4 Å². The van der Waals surface area contributed by atoms with E-state index in [2.05, 4.69) is 15.1 Å². The van der Waals surface area contributed by atoms with Gasteiger partial charge >= 0.3 is 12.1 Å². The topological polar surface area (TPSA) is 135 Å². The number of carbonyl (C=O) groups excluding carboxylic acids is 1. The van der Waals surface area contributed by atoms with Crippen molar-refractivity contribution in [3.63, 3.8) is 0 Å². The van der Waals surface area contributed by atoms with Crippen LogP contribution in [0.3, 0.4) is 0 Å². The molecule has 2 aliphatic rings. The average molecular weight is 459 g/mol. The van der Waals surface area contributed by atoms with E-state index < -0.39 is 11.9 Å². The van der Waals surface area contributed by atoms with Crippen LogP contribution in [0.4, 0.5) is 15.1 Å². The van der Waals surface area contributed by atoms with Gasteiger partial charge in [-0.05, 0) is 0 Å². The number of nitrogens with zero attached hydrogens (tertiary/aromatic N) is 4. The second-order valence-electron chi connectivity index (χ2n) is 7.69. The predicted octanol–water partition coefficient (Wildman–Crippen LogP) is 2.27. The Balaban J connectivity index is 1.28. The molecule has 2 N–H and O–H groups in total. The Morgan fingerprint density at radius 1 is 1.24 bits per heavy atom. The van der Waals surface area contributed by atoms with Gasteiger partial charge in [-0.1, -0.05) is 23.4 Å². The van der Waals surface area contributed by atoms with E-state index >= 15 is 0 Å². The minimum absolute atomic E-state index is 0.0394. The van der Waals surface area contributed by atoms with Crippen LogP contribution in [0.2, 0.25) is 0 Å². The molecule has 0 spiro atoms. The number of carboxylic acid groups (broad SMARTS) is 1. The first-order valence-corrected chi connectivity index (χ1v) is 10.2. The summed E-state index contributed by atoms with van der Waals surface area (Å²) in [5.41, 5.74) is 3.54. The van der Waals surface area contributed by atoms with Gasteiger partial charge in [0.1, 0.15) is 24.6 Å². The maximum atomic E-state index is 14.8. The maximum absolute atomic E-state index is 14.8. The molecule has 1 saturated carbocycles. The van der Waals surface area contributed by atoms with E-state index in [0.717, 1.165) is 5.71 Å². The number of ether oxygens (including phenoxy) is 1. The molecule has 0 unspecified atom stereocenters. The fraction of sp³-hybridized carbons (Fsp3) is 0.381. The summed E-state index contributed by atoms with van der Waals surface area (Å²) in [6, 6.07) is 4.72. The van der Waals surface area contributed by atoms with E-state index in [-0.39, 0.29) is 35.9 Å². The van der Waals surface area contributed by atoms with E-state index in [1.54, 1.807) is 17.6 Å². The summed E-state index contributed by atoms with van der Waals surface area (Å²) in [4.78, 5) is 42.0. The fourth-order valence-corrected chi connectivity index (χ4v) is 3.39. The third kappa shape index (κ3) is 5.52. The van der Waals surface area contributed by atoms with Crippen LogP contribution in [-0.4, -0.2) is 58.1 Å². The molecule has 174 valence electrons. The summed E-state index contributed by atoms with van der Waals surface area (Å²) in [6.45, 7) is 2.18. The molecule has 0 radical (unpaired) electrons. The highest BCUT2D eigenvalue weighted by molar-refractivity contribution is 5.98. The van der Waals surface area contributed by atoms with E-state index in [4.69, 9.17) is 19.5 Å². The molecular weight excluding hydrogens is 437 g/mol. The minimum atomic E-state index is -1.36. The van der Waals surface area contributed by atoms with Gasteiger partial charge in [-0.3, -0.25) is 9.63 Å². The van der Waals surface area contributed by atoms with Gasteiger partial charge in [-0.2, -0.15) is 5.48 Å². The second-order valence-corrected chi connectivity index (χ2v) is 7.69. The van der Waals surface area contributed by atoms with Crippen LogP contribution in [0.25, 0.3) is 11.1 Å². The number of oxime groups is 1. The van der Waals surface area contributed by atoms with Crippen LogP contribution in [0.15, 0.2) is 35.7 Å². The molecular formula is C21H22FN5O6. The minimum Gasteiger partial charge on any atom is -0.464 e. The van der Waals surface area contributed by atoms with Crippen LogP contribution in [0.1, 0.15) is 25.3 Å². The lowest BCUT2D eigenvalue weighted by Crippen LogP contribution is -2.49. The molecule has 0 bridgehead atoms. The lowest BCUT2D eigenvalue weighted by Gasteiger charge is -2.35. The van der Waals surface area contributed by atoms with Gasteiger partial charge < -0.3 is 19.6 Å². The van der Waals surface area contributed by atoms with Crippen molar-refractivity contribution in [2.75, 3.05) is 18.0 Å². The van der Waals surface area contributed by atoms with Crippen molar-refractivity contribution in [2.45, 2.75) is 38.6 Å². The van der Waals surface area contributed by atoms with Crippen molar-refractivity contribution in [3.8, 4) is 11.1 Å². The molecule has 1 amide bonds. The molecule has 1 saturated heterocycles. The van der Waals surface area contributed by atoms with Crippen LogP contribution in [0.5, 0.6) is 0 Å². The molecule has 33 heavy (non-hydrogen) atoms. The summed E-state index contributed by atoms with van der Waals surface area (Å²) < 4.78 is 19.8. The molecule has 2 heterocycles. The van der Waals surface area contributed by atoms with Crippen molar-refractivity contribution < 1.29 is 33.5 Å². The number of hydrogen-bond donors (Lipinski definition) is 2. The van der Waals surface area contributed by atoms with Crippen LogP contribution in [-0.2, 0) is 25.8 Å². The Morgan fingerprint density at radius 2 is 1.97 bits per heavy atom. The zero-order valence-corrected chi connectivity index (χ0v) is 17.7. The Labute approximate surface area is 188 Å². The monoisotopic (exact) mass is 459 g/mol. The van der Waals surface area contributed by atoms with Gasteiger partial charge in [-0.15, -0.1) is 0 Å². The van der Waals surface area contributed by atoms with Crippen LogP contribution < -0.4 is 10.4 Å². The first-order chi connectivity index (χ1) is 15.9. The van der Waals surface area contributed by atoms with Crippen molar-refractivity contribution >= 4 is 23.7 Å². The smallest absolute Gasteiger partial charge is 0.428 e. The van der Waals surface area contributed by atoms with Gasteiger partial charge in [-0.25, -0.2) is 19.2 Å².